The molecule has 1 unspecified atom stereocenters. The predicted octanol–water partition coefficient (Wildman–Crippen LogP) is 1.03. The molecule has 0 bridgehead atoms. The van der Waals surface area contributed by atoms with E-state index in [-0.39, 0.29) is 30.0 Å². The third-order valence-corrected chi connectivity index (χ3v) is 2.44. The molecule has 4 heteroatoms. The maximum atomic E-state index is 12.8. The highest BCUT2D eigenvalue weighted by Crippen LogP contribution is 2.17. The minimum atomic E-state index is -0.348. The van der Waals surface area contributed by atoms with Crippen molar-refractivity contribution in [2.75, 3.05) is 0 Å². The number of carbonyl (C=O) groups excluding carboxylic acids is 2. The Labute approximate surface area is 86.3 Å². The fourth-order valence-corrected chi connectivity index (χ4v) is 1.72. The number of rotatable bonds is 2. The molecule has 1 N–H and O–H groups in total. The van der Waals surface area contributed by atoms with Crippen LogP contribution in [0.15, 0.2) is 24.3 Å². The van der Waals surface area contributed by atoms with Gasteiger partial charge in [0.25, 0.3) is 0 Å². The summed E-state index contributed by atoms with van der Waals surface area (Å²) in [6, 6.07) is 6.08. The lowest BCUT2D eigenvalue weighted by Crippen LogP contribution is -2.22. The average Bonchev–Trinajstić information content (AvgIpc) is 2.45. The Balaban J connectivity index is 2.09. The van der Waals surface area contributed by atoms with Crippen LogP contribution in [0.1, 0.15) is 12.0 Å². The summed E-state index contributed by atoms with van der Waals surface area (Å²) in [5, 5.41) is 2.23. The quantitative estimate of drug-likeness (QED) is 0.736. The molecule has 0 radical (unpaired) electrons. The fraction of sp³-hybridized carbons (Fsp3) is 0.273. The first-order valence-corrected chi connectivity index (χ1v) is 4.73. The van der Waals surface area contributed by atoms with Gasteiger partial charge in [0.15, 0.2) is 0 Å². The number of amides is 2. The molecular weight excluding hydrogens is 197 g/mol. The summed E-state index contributed by atoms with van der Waals surface area (Å²) in [5.74, 6) is -1.18. The highest BCUT2D eigenvalue weighted by Gasteiger charge is 2.30. The summed E-state index contributed by atoms with van der Waals surface area (Å²) >= 11 is 0. The molecule has 1 heterocycles. The van der Waals surface area contributed by atoms with Gasteiger partial charge in [-0.2, -0.15) is 0 Å². The maximum absolute atomic E-state index is 12.8. The molecule has 1 aromatic rings. The van der Waals surface area contributed by atoms with E-state index in [1.54, 1.807) is 12.1 Å². The lowest BCUT2D eigenvalue weighted by atomic mass is 9.98. The first kappa shape index (κ1) is 9.83. The lowest BCUT2D eigenvalue weighted by Gasteiger charge is -2.05. The monoisotopic (exact) mass is 207 g/mol. The van der Waals surface area contributed by atoms with Crippen LogP contribution in [-0.2, 0) is 16.0 Å². The van der Waals surface area contributed by atoms with Crippen molar-refractivity contribution in [3.8, 4) is 0 Å². The molecule has 15 heavy (non-hydrogen) atoms. The van der Waals surface area contributed by atoms with Gasteiger partial charge in [-0.05, 0) is 24.1 Å². The highest BCUT2D eigenvalue weighted by molar-refractivity contribution is 6.03. The Hall–Kier alpha value is -1.71. The van der Waals surface area contributed by atoms with Gasteiger partial charge >= 0.3 is 0 Å². The summed E-state index contributed by atoms with van der Waals surface area (Å²) < 4.78 is 12.8. The highest BCUT2D eigenvalue weighted by atomic mass is 19.1. The van der Waals surface area contributed by atoms with Crippen molar-refractivity contribution in [2.24, 2.45) is 5.92 Å². The molecule has 1 aliphatic heterocycles. The molecule has 2 amide bonds. The number of nitrogens with one attached hydrogen (secondary N) is 1. The number of imide groups is 1. The van der Waals surface area contributed by atoms with Gasteiger partial charge in [0.2, 0.25) is 11.8 Å². The summed E-state index contributed by atoms with van der Waals surface area (Å²) in [6.45, 7) is 0. The van der Waals surface area contributed by atoms with Crippen LogP contribution in [0.2, 0.25) is 0 Å². The molecule has 1 fully saturated rings. The Kier molecular flexibility index (Phi) is 2.49. The van der Waals surface area contributed by atoms with Crippen molar-refractivity contribution < 1.29 is 14.0 Å². The van der Waals surface area contributed by atoms with E-state index in [9.17, 15) is 14.0 Å². The van der Waals surface area contributed by atoms with Crippen molar-refractivity contribution in [1.29, 1.82) is 0 Å². The van der Waals surface area contributed by atoms with Crippen LogP contribution in [0.5, 0.6) is 0 Å². The number of carbonyl (C=O) groups is 2. The van der Waals surface area contributed by atoms with E-state index >= 15 is 0 Å². The standard InChI is InChI=1S/C11H10FNO2/c12-9-3-1-2-7(5-9)4-8-6-10(14)13-11(8)15/h1-3,5,8H,4,6H2,(H,13,14,15). The van der Waals surface area contributed by atoms with Gasteiger partial charge < -0.3 is 0 Å². The van der Waals surface area contributed by atoms with Gasteiger partial charge in [0, 0.05) is 6.42 Å². The van der Waals surface area contributed by atoms with Gasteiger partial charge in [0.05, 0.1) is 5.92 Å². The van der Waals surface area contributed by atoms with Gasteiger partial charge in [-0.15, -0.1) is 0 Å². The Morgan fingerprint density at radius 2 is 2.20 bits per heavy atom. The molecule has 78 valence electrons. The molecule has 0 aromatic heterocycles. The number of halogens is 1. The number of hydrogen-bond donors (Lipinski definition) is 1. The molecule has 1 aromatic carbocycles. The molecule has 0 aliphatic carbocycles. The van der Waals surface area contributed by atoms with E-state index in [2.05, 4.69) is 5.32 Å². The zero-order valence-corrected chi connectivity index (χ0v) is 8.00. The zero-order valence-electron chi connectivity index (χ0n) is 8.00. The molecule has 2 rings (SSSR count). The first-order valence-electron chi connectivity index (χ1n) is 4.73. The molecule has 1 atom stereocenters. The summed E-state index contributed by atoms with van der Waals surface area (Å²) in [6.07, 6.45) is 0.616. The van der Waals surface area contributed by atoms with E-state index < -0.39 is 0 Å². The smallest absolute Gasteiger partial charge is 0.230 e. The topological polar surface area (TPSA) is 46.2 Å². The molecule has 1 aliphatic rings. The fourth-order valence-electron chi connectivity index (χ4n) is 1.72. The maximum Gasteiger partial charge on any atom is 0.230 e. The minimum absolute atomic E-state index is 0.204. The molecule has 1 saturated heterocycles. The third kappa shape index (κ3) is 2.21. The summed E-state index contributed by atoms with van der Waals surface area (Å²) in [4.78, 5) is 22.2. The average molecular weight is 207 g/mol. The van der Waals surface area contributed by atoms with E-state index in [1.165, 1.54) is 12.1 Å². The van der Waals surface area contributed by atoms with Crippen LogP contribution in [0.25, 0.3) is 0 Å². The van der Waals surface area contributed by atoms with Crippen molar-refractivity contribution in [3.63, 3.8) is 0 Å². The van der Waals surface area contributed by atoms with E-state index in [4.69, 9.17) is 0 Å². The van der Waals surface area contributed by atoms with Crippen LogP contribution in [0.4, 0.5) is 4.39 Å². The Bertz CT molecular complexity index is 417. The molecule has 0 saturated carbocycles. The van der Waals surface area contributed by atoms with E-state index in [1.807, 2.05) is 0 Å². The molecular formula is C11H10FNO2. The minimum Gasteiger partial charge on any atom is -0.296 e. The Morgan fingerprint density at radius 1 is 1.40 bits per heavy atom. The number of benzene rings is 1. The first-order chi connectivity index (χ1) is 7.15. The van der Waals surface area contributed by atoms with Crippen LogP contribution in [-0.4, -0.2) is 11.8 Å². The van der Waals surface area contributed by atoms with Crippen LogP contribution in [0.3, 0.4) is 0 Å². The predicted molar refractivity (Wildman–Crippen MR) is 51.4 cm³/mol. The van der Waals surface area contributed by atoms with Crippen molar-refractivity contribution >= 4 is 11.8 Å². The van der Waals surface area contributed by atoms with Crippen LogP contribution < -0.4 is 5.32 Å². The zero-order chi connectivity index (χ0) is 10.8. The normalized spacial score (nSPS) is 20.5. The third-order valence-electron chi connectivity index (χ3n) is 2.44. The number of hydrogen-bond acceptors (Lipinski definition) is 2. The summed E-state index contributed by atoms with van der Waals surface area (Å²) in [7, 11) is 0. The molecule has 3 nitrogen and oxygen atoms in total. The second-order valence-electron chi connectivity index (χ2n) is 3.65. The van der Waals surface area contributed by atoms with Crippen LogP contribution in [0, 0.1) is 11.7 Å². The van der Waals surface area contributed by atoms with Crippen molar-refractivity contribution in [1.82, 2.24) is 5.32 Å². The van der Waals surface area contributed by atoms with Crippen molar-refractivity contribution in [3.05, 3.63) is 35.6 Å². The van der Waals surface area contributed by atoms with Crippen molar-refractivity contribution in [2.45, 2.75) is 12.8 Å². The van der Waals surface area contributed by atoms with Gasteiger partial charge in [0.1, 0.15) is 5.82 Å². The summed E-state index contributed by atoms with van der Waals surface area (Å²) in [5.41, 5.74) is 0.741. The van der Waals surface area contributed by atoms with Gasteiger partial charge in [-0.3, -0.25) is 14.9 Å². The second kappa shape index (κ2) is 3.81. The van der Waals surface area contributed by atoms with Gasteiger partial charge in [-0.1, -0.05) is 12.1 Å². The molecule has 0 spiro atoms. The van der Waals surface area contributed by atoms with Crippen LogP contribution >= 0.6 is 0 Å². The van der Waals surface area contributed by atoms with E-state index in [0.717, 1.165) is 5.56 Å². The SMILES string of the molecule is O=C1CC(Cc2cccc(F)c2)C(=O)N1. The lowest BCUT2D eigenvalue weighted by molar-refractivity contribution is -0.125. The largest absolute Gasteiger partial charge is 0.296 e. The van der Waals surface area contributed by atoms with Gasteiger partial charge in [-0.25, -0.2) is 4.39 Å². The Morgan fingerprint density at radius 3 is 2.80 bits per heavy atom. The van der Waals surface area contributed by atoms with E-state index in [0.29, 0.717) is 6.42 Å². The second-order valence-corrected chi connectivity index (χ2v) is 3.65.